The van der Waals surface area contributed by atoms with Crippen LogP contribution in [0.25, 0.3) is 0 Å². The Kier molecular flexibility index (Phi) is 6.33. The molecule has 2 aromatic rings. The summed E-state index contributed by atoms with van der Waals surface area (Å²) in [4.78, 5) is 38.5. The topological polar surface area (TPSA) is 106 Å². The van der Waals surface area contributed by atoms with Crippen LogP contribution in [0.15, 0.2) is 42.5 Å². The zero-order valence-corrected chi connectivity index (χ0v) is 17.9. The minimum absolute atomic E-state index is 0.187. The molecule has 31 heavy (non-hydrogen) atoms. The largest absolute Gasteiger partial charge is 0.495 e. The van der Waals surface area contributed by atoms with Gasteiger partial charge in [-0.05, 0) is 51.1 Å². The molecule has 1 aliphatic rings. The fourth-order valence-corrected chi connectivity index (χ4v) is 2.96. The molecule has 0 saturated carbocycles. The molecule has 0 radical (unpaired) electrons. The molecule has 0 bridgehead atoms. The van der Waals surface area contributed by atoms with Crippen LogP contribution in [0.3, 0.4) is 0 Å². The molecule has 0 atom stereocenters. The van der Waals surface area contributed by atoms with Gasteiger partial charge in [0, 0.05) is 5.69 Å². The molecule has 2 aromatic carbocycles. The van der Waals surface area contributed by atoms with Crippen LogP contribution in [0.5, 0.6) is 11.5 Å². The number of ether oxygens (including phenoxy) is 3. The van der Waals surface area contributed by atoms with Crippen LogP contribution in [0, 0.1) is 0 Å². The summed E-state index contributed by atoms with van der Waals surface area (Å²) < 4.78 is 15.9. The van der Waals surface area contributed by atoms with Gasteiger partial charge in [0.05, 0.1) is 18.5 Å². The van der Waals surface area contributed by atoms with Gasteiger partial charge in [0.15, 0.2) is 6.61 Å². The first-order valence-electron chi connectivity index (χ1n) is 9.66. The average Bonchev–Trinajstić information content (AvgIpc) is 2.69. The van der Waals surface area contributed by atoms with Crippen LogP contribution in [0.2, 0.25) is 0 Å². The highest BCUT2D eigenvalue weighted by Gasteiger charge is 2.28. The van der Waals surface area contributed by atoms with Crippen molar-refractivity contribution < 1.29 is 28.6 Å². The lowest BCUT2D eigenvalue weighted by Crippen LogP contribution is -2.43. The summed E-state index contributed by atoms with van der Waals surface area (Å²) in [5.74, 6) is 0.154. The first-order chi connectivity index (χ1) is 14.7. The number of nitrogens with zero attached hydrogens (tertiary/aromatic N) is 1. The van der Waals surface area contributed by atoms with Crippen LogP contribution in [-0.4, -0.2) is 43.8 Å². The van der Waals surface area contributed by atoms with E-state index in [0.29, 0.717) is 28.6 Å². The summed E-state index contributed by atoms with van der Waals surface area (Å²) in [6.07, 6.45) is -0.629. The van der Waals surface area contributed by atoms with E-state index in [1.54, 1.807) is 63.2 Å². The van der Waals surface area contributed by atoms with E-state index in [1.807, 2.05) is 0 Å². The number of fused-ring (bicyclic) bond motifs is 1. The summed E-state index contributed by atoms with van der Waals surface area (Å²) in [6.45, 7) is 4.85. The van der Waals surface area contributed by atoms with Gasteiger partial charge in [0.25, 0.3) is 5.91 Å². The van der Waals surface area contributed by atoms with Gasteiger partial charge in [-0.25, -0.2) is 4.79 Å². The Hall–Kier alpha value is -3.75. The van der Waals surface area contributed by atoms with Gasteiger partial charge in [-0.3, -0.25) is 19.8 Å². The molecule has 164 valence electrons. The zero-order chi connectivity index (χ0) is 22.6. The number of anilines is 3. The number of carbonyl (C=O) groups excluding carboxylic acids is 3. The number of amides is 3. The van der Waals surface area contributed by atoms with Crippen molar-refractivity contribution in [1.82, 2.24) is 0 Å². The molecule has 0 saturated heterocycles. The zero-order valence-electron chi connectivity index (χ0n) is 17.9. The van der Waals surface area contributed by atoms with Gasteiger partial charge in [0.1, 0.15) is 23.6 Å². The second kappa shape index (κ2) is 8.95. The predicted octanol–water partition coefficient (Wildman–Crippen LogP) is 3.41. The highest BCUT2D eigenvalue weighted by Crippen LogP contribution is 2.35. The van der Waals surface area contributed by atoms with E-state index in [1.165, 1.54) is 12.0 Å². The third kappa shape index (κ3) is 5.65. The second-order valence-electron chi connectivity index (χ2n) is 7.83. The highest BCUT2D eigenvalue weighted by molar-refractivity contribution is 6.05. The van der Waals surface area contributed by atoms with Crippen molar-refractivity contribution in [2.24, 2.45) is 0 Å². The minimum Gasteiger partial charge on any atom is -0.495 e. The number of hydrogen-bond acceptors (Lipinski definition) is 6. The monoisotopic (exact) mass is 427 g/mol. The van der Waals surface area contributed by atoms with E-state index < -0.39 is 17.6 Å². The Bertz CT molecular complexity index is 999. The van der Waals surface area contributed by atoms with Crippen molar-refractivity contribution >= 4 is 35.0 Å². The number of hydrogen-bond donors (Lipinski definition) is 2. The highest BCUT2D eigenvalue weighted by atomic mass is 16.6. The third-order valence-electron chi connectivity index (χ3n) is 4.23. The Morgan fingerprint density at radius 1 is 1.13 bits per heavy atom. The van der Waals surface area contributed by atoms with Gasteiger partial charge < -0.3 is 19.5 Å². The minimum atomic E-state index is -0.653. The number of carbonyl (C=O) groups is 3. The van der Waals surface area contributed by atoms with Crippen molar-refractivity contribution in [3.05, 3.63) is 42.5 Å². The summed E-state index contributed by atoms with van der Waals surface area (Å²) in [5.41, 5.74) is 0.623. The Labute approximate surface area is 180 Å². The molecular formula is C22H25N3O6. The van der Waals surface area contributed by atoms with Crippen LogP contribution >= 0.6 is 0 Å². The van der Waals surface area contributed by atoms with Gasteiger partial charge in [-0.1, -0.05) is 12.1 Å². The standard InChI is InChI=1S/C22H25N3O6/c1-22(2,3)31-21(28)23-14-9-10-18-16(11-14)25(20(27)13-30-18)12-19(26)24-15-7-5-6-8-17(15)29-4/h5-11H,12-13H2,1-4H3,(H,23,28)(H,24,26). The van der Waals surface area contributed by atoms with E-state index >= 15 is 0 Å². The molecule has 1 heterocycles. The number of nitrogens with one attached hydrogen (secondary N) is 2. The molecule has 0 aliphatic carbocycles. The van der Waals surface area contributed by atoms with E-state index in [9.17, 15) is 14.4 Å². The molecule has 0 fully saturated rings. The lowest BCUT2D eigenvalue weighted by Gasteiger charge is -2.29. The number of methoxy groups -OCH3 is 1. The molecule has 1 aliphatic heterocycles. The number of benzene rings is 2. The van der Waals surface area contributed by atoms with Crippen LogP contribution in [0.4, 0.5) is 21.9 Å². The van der Waals surface area contributed by atoms with E-state index in [-0.39, 0.29) is 19.1 Å². The van der Waals surface area contributed by atoms with Crippen molar-refractivity contribution in [2.45, 2.75) is 26.4 Å². The number of rotatable bonds is 5. The second-order valence-corrected chi connectivity index (χ2v) is 7.83. The average molecular weight is 427 g/mol. The molecule has 9 nitrogen and oxygen atoms in total. The molecule has 0 unspecified atom stereocenters. The Morgan fingerprint density at radius 2 is 1.87 bits per heavy atom. The van der Waals surface area contributed by atoms with E-state index in [0.717, 1.165) is 0 Å². The molecule has 0 aromatic heterocycles. The van der Waals surface area contributed by atoms with Crippen LogP contribution in [-0.2, 0) is 14.3 Å². The summed E-state index contributed by atoms with van der Waals surface area (Å²) in [5, 5.41) is 5.36. The fraction of sp³-hybridized carbons (Fsp3) is 0.318. The SMILES string of the molecule is COc1ccccc1NC(=O)CN1C(=O)COc2ccc(NC(=O)OC(C)(C)C)cc21. The Balaban J connectivity index is 1.77. The summed E-state index contributed by atoms with van der Waals surface area (Å²) >= 11 is 0. The van der Waals surface area contributed by atoms with Crippen molar-refractivity contribution in [1.29, 1.82) is 0 Å². The van der Waals surface area contributed by atoms with Gasteiger partial charge >= 0.3 is 6.09 Å². The normalized spacial score (nSPS) is 13.0. The van der Waals surface area contributed by atoms with Crippen LogP contribution in [0.1, 0.15) is 20.8 Å². The first-order valence-corrected chi connectivity index (χ1v) is 9.66. The molecular weight excluding hydrogens is 402 g/mol. The summed E-state index contributed by atoms with van der Waals surface area (Å²) in [6, 6.07) is 11.8. The number of para-hydroxylation sites is 2. The van der Waals surface area contributed by atoms with E-state index in [4.69, 9.17) is 14.2 Å². The van der Waals surface area contributed by atoms with Crippen molar-refractivity contribution in [3.63, 3.8) is 0 Å². The maximum atomic E-state index is 12.6. The van der Waals surface area contributed by atoms with Gasteiger partial charge in [0.2, 0.25) is 5.91 Å². The van der Waals surface area contributed by atoms with Crippen molar-refractivity contribution in [3.8, 4) is 11.5 Å². The van der Waals surface area contributed by atoms with Gasteiger partial charge in [-0.2, -0.15) is 0 Å². The molecule has 3 amide bonds. The third-order valence-corrected chi connectivity index (χ3v) is 4.23. The lowest BCUT2D eigenvalue weighted by atomic mass is 10.2. The van der Waals surface area contributed by atoms with Crippen molar-refractivity contribution in [2.75, 3.05) is 35.8 Å². The fourth-order valence-electron chi connectivity index (χ4n) is 2.96. The van der Waals surface area contributed by atoms with Gasteiger partial charge in [-0.15, -0.1) is 0 Å². The van der Waals surface area contributed by atoms with E-state index in [2.05, 4.69) is 10.6 Å². The molecule has 0 spiro atoms. The molecule has 3 rings (SSSR count). The summed E-state index contributed by atoms with van der Waals surface area (Å²) in [7, 11) is 1.51. The predicted molar refractivity (Wildman–Crippen MR) is 116 cm³/mol. The maximum absolute atomic E-state index is 12.6. The molecule has 9 heteroatoms. The maximum Gasteiger partial charge on any atom is 0.412 e. The molecule has 2 N–H and O–H groups in total. The Morgan fingerprint density at radius 3 is 2.58 bits per heavy atom. The first kappa shape index (κ1) is 21.9. The quantitative estimate of drug-likeness (QED) is 0.758. The van der Waals surface area contributed by atoms with Crippen LogP contribution < -0.4 is 25.0 Å². The smallest absolute Gasteiger partial charge is 0.412 e. The lowest BCUT2D eigenvalue weighted by molar-refractivity contribution is -0.123.